The van der Waals surface area contributed by atoms with Crippen molar-refractivity contribution in [1.29, 1.82) is 0 Å². The van der Waals surface area contributed by atoms with Crippen LogP contribution in [-0.4, -0.2) is 12.1 Å². The summed E-state index contributed by atoms with van der Waals surface area (Å²) in [6, 6.07) is 0.116. The van der Waals surface area contributed by atoms with Crippen LogP contribution in [0.2, 0.25) is 0 Å². The number of hydrogen-bond acceptors (Lipinski definition) is 2. The van der Waals surface area contributed by atoms with Gasteiger partial charge in [0, 0.05) is 18.0 Å². The van der Waals surface area contributed by atoms with Gasteiger partial charge in [-0.3, -0.25) is 0 Å². The highest BCUT2D eigenvalue weighted by Gasteiger charge is 2.27. The summed E-state index contributed by atoms with van der Waals surface area (Å²) < 4.78 is 0. The molecule has 3 unspecified atom stereocenters. The highest BCUT2D eigenvalue weighted by molar-refractivity contribution is 5.36. The molecule has 0 saturated heterocycles. The molecular formula is C10H14N2. The lowest BCUT2D eigenvalue weighted by molar-refractivity contribution is 0.438. The lowest BCUT2D eigenvalue weighted by Gasteiger charge is -2.32. The molecule has 0 aromatic carbocycles. The zero-order valence-electron chi connectivity index (χ0n) is 6.98. The van der Waals surface area contributed by atoms with Crippen LogP contribution in [0.3, 0.4) is 0 Å². The first-order valence-corrected chi connectivity index (χ1v) is 4.35. The molecule has 2 rings (SSSR count). The standard InChI is InChI=1S/C10H14N2/c11-9-6-5-7-3-1-2-4-8(7)10(9)12/h1-3,5-6,8-10H,4,11-12H2. The van der Waals surface area contributed by atoms with E-state index in [2.05, 4.69) is 24.3 Å². The monoisotopic (exact) mass is 162 g/mol. The third-order valence-electron chi connectivity index (χ3n) is 2.66. The Hall–Kier alpha value is -0.860. The molecule has 0 amide bonds. The van der Waals surface area contributed by atoms with Crippen LogP contribution in [0.25, 0.3) is 0 Å². The second kappa shape index (κ2) is 2.88. The van der Waals surface area contributed by atoms with Crippen LogP contribution in [-0.2, 0) is 0 Å². The largest absolute Gasteiger partial charge is 0.326 e. The van der Waals surface area contributed by atoms with E-state index in [1.807, 2.05) is 6.08 Å². The molecule has 0 radical (unpaired) electrons. The normalized spacial score (nSPS) is 39.2. The van der Waals surface area contributed by atoms with Gasteiger partial charge in [0.05, 0.1) is 0 Å². The topological polar surface area (TPSA) is 52.0 Å². The first-order chi connectivity index (χ1) is 5.79. The van der Waals surface area contributed by atoms with Crippen molar-refractivity contribution >= 4 is 0 Å². The van der Waals surface area contributed by atoms with Gasteiger partial charge in [-0.05, 0) is 12.0 Å². The van der Waals surface area contributed by atoms with Crippen molar-refractivity contribution in [2.45, 2.75) is 18.5 Å². The molecule has 0 fully saturated rings. The maximum atomic E-state index is 5.98. The number of fused-ring (bicyclic) bond motifs is 1. The Morgan fingerprint density at radius 2 is 2.17 bits per heavy atom. The van der Waals surface area contributed by atoms with E-state index in [0.29, 0.717) is 5.92 Å². The molecule has 4 N–H and O–H groups in total. The number of hydrogen-bond donors (Lipinski definition) is 2. The molecule has 0 spiro atoms. The second-order valence-electron chi connectivity index (χ2n) is 3.45. The molecule has 0 aromatic rings. The molecule has 2 heteroatoms. The van der Waals surface area contributed by atoms with Crippen molar-refractivity contribution in [3.63, 3.8) is 0 Å². The fraction of sp³-hybridized carbons (Fsp3) is 0.400. The minimum Gasteiger partial charge on any atom is -0.326 e. The SMILES string of the molecule is NC1C=CC2=CC=CCC2C1N. The summed E-state index contributed by atoms with van der Waals surface area (Å²) in [7, 11) is 0. The van der Waals surface area contributed by atoms with Crippen LogP contribution in [0.4, 0.5) is 0 Å². The van der Waals surface area contributed by atoms with Crippen molar-refractivity contribution in [2.75, 3.05) is 0 Å². The van der Waals surface area contributed by atoms with Crippen LogP contribution < -0.4 is 11.5 Å². The van der Waals surface area contributed by atoms with Gasteiger partial charge in [-0.1, -0.05) is 30.4 Å². The van der Waals surface area contributed by atoms with Gasteiger partial charge < -0.3 is 11.5 Å². The summed E-state index contributed by atoms with van der Waals surface area (Å²) in [6.07, 6.45) is 11.5. The summed E-state index contributed by atoms with van der Waals surface area (Å²) in [4.78, 5) is 0. The van der Waals surface area contributed by atoms with Crippen molar-refractivity contribution in [1.82, 2.24) is 0 Å². The molecule has 2 aliphatic carbocycles. The van der Waals surface area contributed by atoms with Crippen LogP contribution >= 0.6 is 0 Å². The predicted octanol–water partition coefficient (Wildman–Crippen LogP) is 0.713. The van der Waals surface area contributed by atoms with Gasteiger partial charge in [0.2, 0.25) is 0 Å². The fourth-order valence-corrected chi connectivity index (χ4v) is 1.84. The van der Waals surface area contributed by atoms with Crippen molar-refractivity contribution in [3.8, 4) is 0 Å². The van der Waals surface area contributed by atoms with Crippen LogP contribution in [0.5, 0.6) is 0 Å². The first kappa shape index (κ1) is 7.77. The number of nitrogens with two attached hydrogens (primary N) is 2. The van der Waals surface area contributed by atoms with E-state index < -0.39 is 0 Å². The van der Waals surface area contributed by atoms with Gasteiger partial charge >= 0.3 is 0 Å². The van der Waals surface area contributed by atoms with E-state index in [0.717, 1.165) is 6.42 Å². The average Bonchev–Trinajstić information content (AvgIpc) is 2.12. The van der Waals surface area contributed by atoms with Gasteiger partial charge in [-0.25, -0.2) is 0 Å². The Labute approximate surface area is 72.6 Å². The molecule has 12 heavy (non-hydrogen) atoms. The van der Waals surface area contributed by atoms with Crippen LogP contribution in [0, 0.1) is 5.92 Å². The molecule has 2 aliphatic rings. The number of rotatable bonds is 0. The smallest absolute Gasteiger partial charge is 0.0387 e. The van der Waals surface area contributed by atoms with Crippen molar-refractivity contribution < 1.29 is 0 Å². The lowest BCUT2D eigenvalue weighted by atomic mass is 9.78. The Kier molecular flexibility index (Phi) is 1.87. The summed E-state index contributed by atoms with van der Waals surface area (Å²) in [5.41, 5.74) is 13.1. The molecule has 0 saturated carbocycles. The molecule has 64 valence electrons. The van der Waals surface area contributed by atoms with Gasteiger partial charge in [0.1, 0.15) is 0 Å². The van der Waals surface area contributed by atoms with E-state index in [-0.39, 0.29) is 12.1 Å². The summed E-state index contributed by atoms with van der Waals surface area (Å²) >= 11 is 0. The Morgan fingerprint density at radius 1 is 1.33 bits per heavy atom. The van der Waals surface area contributed by atoms with Crippen molar-refractivity contribution in [2.24, 2.45) is 17.4 Å². The quantitative estimate of drug-likeness (QED) is 0.551. The van der Waals surface area contributed by atoms with Crippen LogP contribution in [0.1, 0.15) is 6.42 Å². The molecular weight excluding hydrogens is 148 g/mol. The summed E-state index contributed by atoms with van der Waals surface area (Å²) in [5.74, 6) is 0.440. The van der Waals surface area contributed by atoms with Gasteiger partial charge in [-0.2, -0.15) is 0 Å². The fourth-order valence-electron chi connectivity index (χ4n) is 1.84. The number of allylic oxidation sites excluding steroid dienone is 4. The summed E-state index contributed by atoms with van der Waals surface area (Å²) in [5, 5.41) is 0. The van der Waals surface area contributed by atoms with E-state index in [1.54, 1.807) is 0 Å². The Morgan fingerprint density at radius 3 is 3.00 bits per heavy atom. The van der Waals surface area contributed by atoms with E-state index in [1.165, 1.54) is 5.57 Å². The van der Waals surface area contributed by atoms with Gasteiger partial charge in [0.15, 0.2) is 0 Å². The third kappa shape index (κ3) is 1.13. The minimum atomic E-state index is 0.0265. The van der Waals surface area contributed by atoms with E-state index in [9.17, 15) is 0 Å². The van der Waals surface area contributed by atoms with Gasteiger partial charge in [-0.15, -0.1) is 0 Å². The molecule has 0 bridgehead atoms. The molecule has 3 atom stereocenters. The Bertz CT molecular complexity index is 263. The maximum absolute atomic E-state index is 5.98. The molecule has 0 heterocycles. The zero-order chi connectivity index (χ0) is 8.55. The maximum Gasteiger partial charge on any atom is 0.0387 e. The minimum absolute atomic E-state index is 0.0265. The van der Waals surface area contributed by atoms with E-state index in [4.69, 9.17) is 11.5 Å². The highest BCUT2D eigenvalue weighted by Crippen LogP contribution is 2.28. The van der Waals surface area contributed by atoms with Crippen LogP contribution in [0.15, 0.2) is 36.0 Å². The predicted molar refractivity (Wildman–Crippen MR) is 50.4 cm³/mol. The first-order valence-electron chi connectivity index (χ1n) is 4.35. The van der Waals surface area contributed by atoms with E-state index >= 15 is 0 Å². The highest BCUT2D eigenvalue weighted by atomic mass is 14.8. The Balaban J connectivity index is 2.31. The molecule has 0 aromatic heterocycles. The molecule has 2 nitrogen and oxygen atoms in total. The third-order valence-corrected chi connectivity index (χ3v) is 2.66. The second-order valence-corrected chi connectivity index (χ2v) is 3.45. The van der Waals surface area contributed by atoms with Gasteiger partial charge in [0.25, 0.3) is 0 Å². The zero-order valence-corrected chi connectivity index (χ0v) is 6.98. The lowest BCUT2D eigenvalue weighted by Crippen LogP contribution is -2.48. The van der Waals surface area contributed by atoms with Crippen molar-refractivity contribution in [3.05, 3.63) is 36.0 Å². The summed E-state index contributed by atoms with van der Waals surface area (Å²) in [6.45, 7) is 0. The molecule has 0 aliphatic heterocycles. The average molecular weight is 162 g/mol.